The molecule has 5 heteroatoms. The zero-order chi connectivity index (χ0) is 16.2. The molecule has 2 aromatic rings. The Morgan fingerprint density at radius 2 is 2.13 bits per heavy atom. The van der Waals surface area contributed by atoms with Crippen LogP contribution in [0.3, 0.4) is 0 Å². The van der Waals surface area contributed by atoms with Crippen LogP contribution in [0.1, 0.15) is 60.9 Å². The molecule has 2 saturated carbocycles. The predicted molar refractivity (Wildman–Crippen MR) is 88.4 cm³/mol. The molecule has 0 aliphatic heterocycles. The third-order valence-electron chi connectivity index (χ3n) is 5.91. The van der Waals surface area contributed by atoms with E-state index in [1.54, 1.807) is 6.33 Å². The summed E-state index contributed by atoms with van der Waals surface area (Å²) < 4.78 is 1.87. The molecule has 1 atom stereocenters. The van der Waals surface area contributed by atoms with E-state index >= 15 is 0 Å². The summed E-state index contributed by atoms with van der Waals surface area (Å²) >= 11 is 0. The SMILES string of the molecule is Cc1cc(C)n2cnc(C(=O)N[C@@H](C)C3CC4(CCC4)C3)c2n1. The Bertz CT molecular complexity index is 767. The van der Waals surface area contributed by atoms with Crippen LogP contribution in [0, 0.1) is 25.2 Å². The van der Waals surface area contributed by atoms with E-state index in [2.05, 4.69) is 22.2 Å². The number of aromatic nitrogens is 3. The summed E-state index contributed by atoms with van der Waals surface area (Å²) in [6.45, 7) is 6.06. The highest BCUT2D eigenvalue weighted by atomic mass is 16.2. The second-order valence-corrected chi connectivity index (χ2v) is 7.61. The second-order valence-electron chi connectivity index (χ2n) is 7.61. The van der Waals surface area contributed by atoms with Gasteiger partial charge in [0.2, 0.25) is 0 Å². The molecule has 1 N–H and O–H groups in total. The van der Waals surface area contributed by atoms with Gasteiger partial charge in [-0.1, -0.05) is 6.42 Å². The van der Waals surface area contributed by atoms with Crippen molar-refractivity contribution in [2.24, 2.45) is 11.3 Å². The number of fused-ring (bicyclic) bond motifs is 1. The van der Waals surface area contributed by atoms with Crippen LogP contribution in [0.4, 0.5) is 0 Å². The first-order valence-electron chi connectivity index (χ1n) is 8.60. The van der Waals surface area contributed by atoms with Gasteiger partial charge in [-0.2, -0.15) is 0 Å². The van der Waals surface area contributed by atoms with Crippen LogP contribution in [0.15, 0.2) is 12.4 Å². The first-order valence-corrected chi connectivity index (χ1v) is 8.60. The van der Waals surface area contributed by atoms with Gasteiger partial charge in [0.25, 0.3) is 5.91 Å². The highest BCUT2D eigenvalue weighted by Crippen LogP contribution is 2.59. The maximum absolute atomic E-state index is 12.6. The molecule has 1 amide bonds. The highest BCUT2D eigenvalue weighted by Gasteiger charge is 2.49. The van der Waals surface area contributed by atoms with Gasteiger partial charge in [0.05, 0.1) is 0 Å². The third kappa shape index (κ3) is 2.33. The van der Waals surface area contributed by atoms with Crippen molar-refractivity contribution in [2.45, 2.75) is 58.9 Å². The van der Waals surface area contributed by atoms with Crippen molar-refractivity contribution in [1.82, 2.24) is 19.7 Å². The Hall–Kier alpha value is -1.91. The third-order valence-corrected chi connectivity index (χ3v) is 5.91. The van der Waals surface area contributed by atoms with E-state index in [1.165, 1.54) is 32.1 Å². The van der Waals surface area contributed by atoms with Crippen LogP contribution in [-0.2, 0) is 0 Å². The fourth-order valence-electron chi connectivity index (χ4n) is 4.32. The topological polar surface area (TPSA) is 59.3 Å². The predicted octanol–water partition coefficient (Wildman–Crippen LogP) is 3.04. The lowest BCUT2D eigenvalue weighted by Crippen LogP contribution is -2.51. The summed E-state index contributed by atoms with van der Waals surface area (Å²) in [5.74, 6) is 0.511. The van der Waals surface area contributed by atoms with Gasteiger partial charge in [-0.3, -0.25) is 9.20 Å². The molecular weight excluding hydrogens is 288 g/mol. The first kappa shape index (κ1) is 14.7. The number of imidazole rings is 1. The van der Waals surface area contributed by atoms with Crippen molar-refractivity contribution in [3.05, 3.63) is 29.5 Å². The number of hydrogen-bond donors (Lipinski definition) is 1. The van der Waals surface area contributed by atoms with Crippen LogP contribution in [0.5, 0.6) is 0 Å². The van der Waals surface area contributed by atoms with Crippen LogP contribution < -0.4 is 5.32 Å². The van der Waals surface area contributed by atoms with E-state index in [0.29, 0.717) is 22.7 Å². The monoisotopic (exact) mass is 312 g/mol. The van der Waals surface area contributed by atoms with Crippen LogP contribution >= 0.6 is 0 Å². The Balaban J connectivity index is 1.49. The largest absolute Gasteiger partial charge is 0.348 e. The van der Waals surface area contributed by atoms with Crippen molar-refractivity contribution in [1.29, 1.82) is 0 Å². The number of rotatable bonds is 3. The van der Waals surface area contributed by atoms with Crippen molar-refractivity contribution in [3.8, 4) is 0 Å². The van der Waals surface area contributed by atoms with Gasteiger partial charge >= 0.3 is 0 Å². The normalized spacial score (nSPS) is 21.0. The van der Waals surface area contributed by atoms with Gasteiger partial charge in [-0.05, 0) is 63.9 Å². The van der Waals surface area contributed by atoms with E-state index in [0.717, 1.165) is 11.4 Å². The average Bonchev–Trinajstić information content (AvgIpc) is 2.79. The number of hydrogen-bond acceptors (Lipinski definition) is 3. The van der Waals surface area contributed by atoms with Gasteiger partial charge in [-0.25, -0.2) is 9.97 Å². The Morgan fingerprint density at radius 1 is 1.39 bits per heavy atom. The molecule has 0 saturated heterocycles. The number of nitrogens with zero attached hydrogens (tertiary/aromatic N) is 3. The van der Waals surface area contributed by atoms with Crippen LogP contribution in [0.2, 0.25) is 0 Å². The molecule has 2 fully saturated rings. The van der Waals surface area contributed by atoms with Crippen molar-refractivity contribution in [2.75, 3.05) is 0 Å². The summed E-state index contributed by atoms with van der Waals surface area (Å²) in [6.07, 6.45) is 8.39. The molecule has 0 unspecified atom stereocenters. The van der Waals surface area contributed by atoms with Crippen molar-refractivity contribution >= 4 is 11.6 Å². The zero-order valence-corrected chi connectivity index (χ0v) is 14.1. The van der Waals surface area contributed by atoms with Gasteiger partial charge in [0, 0.05) is 17.4 Å². The molecule has 5 nitrogen and oxygen atoms in total. The minimum absolute atomic E-state index is 0.105. The molecule has 4 rings (SSSR count). The lowest BCUT2D eigenvalue weighted by Gasteiger charge is -2.56. The van der Waals surface area contributed by atoms with Gasteiger partial charge < -0.3 is 5.32 Å². The number of nitrogens with one attached hydrogen (secondary N) is 1. The Kier molecular flexibility index (Phi) is 3.22. The molecule has 2 aliphatic rings. The number of aryl methyl sites for hydroxylation is 2. The lowest BCUT2D eigenvalue weighted by molar-refractivity contribution is -0.0366. The average molecular weight is 312 g/mol. The fraction of sp³-hybridized carbons (Fsp3) is 0.611. The molecular formula is C18H24N4O. The summed E-state index contributed by atoms with van der Waals surface area (Å²) in [7, 11) is 0. The maximum atomic E-state index is 12.6. The molecule has 23 heavy (non-hydrogen) atoms. The van der Waals surface area contributed by atoms with Crippen LogP contribution in [-0.4, -0.2) is 26.3 Å². The van der Waals surface area contributed by atoms with Crippen LogP contribution in [0.25, 0.3) is 5.65 Å². The molecule has 2 aromatic heterocycles. The van der Waals surface area contributed by atoms with E-state index in [9.17, 15) is 4.79 Å². The number of amides is 1. The molecule has 1 spiro atoms. The van der Waals surface area contributed by atoms with Gasteiger partial charge in [-0.15, -0.1) is 0 Å². The molecule has 0 aromatic carbocycles. The second kappa shape index (κ2) is 5.05. The molecule has 0 radical (unpaired) electrons. The number of carbonyl (C=O) groups is 1. The van der Waals surface area contributed by atoms with E-state index in [-0.39, 0.29) is 11.9 Å². The smallest absolute Gasteiger partial charge is 0.274 e. The van der Waals surface area contributed by atoms with E-state index in [1.807, 2.05) is 24.3 Å². The van der Waals surface area contributed by atoms with Gasteiger partial charge in [0.1, 0.15) is 6.33 Å². The Labute approximate surface area is 136 Å². The van der Waals surface area contributed by atoms with Crippen molar-refractivity contribution < 1.29 is 4.79 Å². The van der Waals surface area contributed by atoms with Crippen molar-refractivity contribution in [3.63, 3.8) is 0 Å². The minimum Gasteiger partial charge on any atom is -0.348 e. The first-order chi connectivity index (χ1) is 11.0. The minimum atomic E-state index is -0.105. The van der Waals surface area contributed by atoms with E-state index in [4.69, 9.17) is 0 Å². The van der Waals surface area contributed by atoms with Gasteiger partial charge in [0.15, 0.2) is 11.3 Å². The maximum Gasteiger partial charge on any atom is 0.274 e. The van der Waals surface area contributed by atoms with E-state index < -0.39 is 0 Å². The highest BCUT2D eigenvalue weighted by molar-refractivity contribution is 5.98. The zero-order valence-electron chi connectivity index (χ0n) is 14.1. The fourth-order valence-corrected chi connectivity index (χ4v) is 4.32. The quantitative estimate of drug-likeness (QED) is 0.947. The summed E-state index contributed by atoms with van der Waals surface area (Å²) in [5.41, 5.74) is 3.67. The molecule has 2 aliphatic carbocycles. The molecule has 0 bridgehead atoms. The molecule has 122 valence electrons. The Morgan fingerprint density at radius 3 is 2.78 bits per heavy atom. The summed E-state index contributed by atoms with van der Waals surface area (Å²) in [4.78, 5) is 21.4. The standard InChI is InChI=1S/C18H24N4O/c1-11-7-12(2)22-10-19-15(16(22)20-11)17(23)21-13(3)14-8-18(9-14)5-4-6-18/h7,10,13-14H,4-6,8-9H2,1-3H3,(H,21,23)/t13-/m0/s1. The number of carbonyl (C=O) groups excluding carboxylic acids is 1. The summed E-state index contributed by atoms with van der Waals surface area (Å²) in [6, 6.07) is 2.20. The summed E-state index contributed by atoms with van der Waals surface area (Å²) in [5, 5.41) is 3.15. The lowest BCUT2D eigenvalue weighted by atomic mass is 9.50. The molecule has 2 heterocycles.